The molecule has 4 heteroatoms. The molecule has 0 bridgehead atoms. The summed E-state index contributed by atoms with van der Waals surface area (Å²) in [4.78, 5) is 14.4. The third kappa shape index (κ3) is 1.80. The summed E-state index contributed by atoms with van der Waals surface area (Å²) in [6, 6.07) is 1.75. The van der Waals surface area contributed by atoms with Crippen LogP contribution in [0.4, 0.5) is 0 Å². The SMILES string of the molecule is CC1CCN(C(=O)c2ccnnc2)CC12CCC2. The van der Waals surface area contributed by atoms with E-state index in [1.54, 1.807) is 18.5 Å². The van der Waals surface area contributed by atoms with Gasteiger partial charge in [0.25, 0.3) is 5.91 Å². The highest BCUT2D eigenvalue weighted by Gasteiger charge is 2.46. The number of hydrogen-bond donors (Lipinski definition) is 0. The van der Waals surface area contributed by atoms with Crippen molar-refractivity contribution in [3.8, 4) is 0 Å². The van der Waals surface area contributed by atoms with E-state index in [4.69, 9.17) is 0 Å². The highest BCUT2D eigenvalue weighted by Crippen LogP contribution is 2.50. The lowest BCUT2D eigenvalue weighted by molar-refractivity contribution is -0.0208. The second kappa shape index (κ2) is 4.34. The van der Waals surface area contributed by atoms with E-state index in [1.165, 1.54) is 19.3 Å². The van der Waals surface area contributed by atoms with Crippen molar-refractivity contribution in [2.75, 3.05) is 13.1 Å². The molecule has 0 N–H and O–H groups in total. The Labute approximate surface area is 107 Å². The first-order valence-electron chi connectivity index (χ1n) is 6.77. The van der Waals surface area contributed by atoms with Gasteiger partial charge in [0.05, 0.1) is 18.0 Å². The zero-order valence-electron chi connectivity index (χ0n) is 10.8. The first-order chi connectivity index (χ1) is 8.71. The van der Waals surface area contributed by atoms with Gasteiger partial charge in [-0.15, -0.1) is 0 Å². The molecule has 4 nitrogen and oxygen atoms in total. The van der Waals surface area contributed by atoms with Gasteiger partial charge in [-0.2, -0.15) is 10.2 Å². The highest BCUT2D eigenvalue weighted by molar-refractivity contribution is 5.93. The van der Waals surface area contributed by atoms with Crippen molar-refractivity contribution in [1.29, 1.82) is 0 Å². The average molecular weight is 245 g/mol. The van der Waals surface area contributed by atoms with Gasteiger partial charge >= 0.3 is 0 Å². The van der Waals surface area contributed by atoms with Crippen LogP contribution in [0.2, 0.25) is 0 Å². The van der Waals surface area contributed by atoms with E-state index in [0.717, 1.165) is 25.4 Å². The molecule has 2 fully saturated rings. The van der Waals surface area contributed by atoms with Crippen LogP contribution in [0.5, 0.6) is 0 Å². The molecule has 3 rings (SSSR count). The van der Waals surface area contributed by atoms with Crippen molar-refractivity contribution in [1.82, 2.24) is 15.1 Å². The summed E-state index contributed by atoms with van der Waals surface area (Å²) in [5.41, 5.74) is 1.07. The molecule has 0 aromatic carbocycles. The Balaban J connectivity index is 1.76. The Bertz CT molecular complexity index is 442. The Morgan fingerprint density at radius 1 is 1.44 bits per heavy atom. The topological polar surface area (TPSA) is 46.1 Å². The molecule has 1 aromatic heterocycles. The fourth-order valence-electron chi connectivity index (χ4n) is 3.33. The molecule has 1 aliphatic heterocycles. The summed E-state index contributed by atoms with van der Waals surface area (Å²) in [6.07, 6.45) is 8.17. The molecular formula is C14H19N3O. The molecule has 1 saturated carbocycles. The van der Waals surface area contributed by atoms with Gasteiger partial charge in [-0.1, -0.05) is 13.3 Å². The summed E-state index contributed by atoms with van der Waals surface area (Å²) >= 11 is 0. The largest absolute Gasteiger partial charge is 0.338 e. The van der Waals surface area contributed by atoms with Gasteiger partial charge in [-0.25, -0.2) is 0 Å². The summed E-state index contributed by atoms with van der Waals surface area (Å²) in [7, 11) is 0. The zero-order chi connectivity index (χ0) is 12.6. The fourth-order valence-corrected chi connectivity index (χ4v) is 3.33. The van der Waals surface area contributed by atoms with Gasteiger partial charge in [0, 0.05) is 13.1 Å². The maximum Gasteiger partial charge on any atom is 0.255 e. The molecule has 1 saturated heterocycles. The molecule has 18 heavy (non-hydrogen) atoms. The lowest BCUT2D eigenvalue weighted by Gasteiger charge is -2.53. The first-order valence-corrected chi connectivity index (χ1v) is 6.77. The number of piperidine rings is 1. The lowest BCUT2D eigenvalue weighted by Crippen LogP contribution is -2.53. The zero-order valence-corrected chi connectivity index (χ0v) is 10.8. The smallest absolute Gasteiger partial charge is 0.255 e. The summed E-state index contributed by atoms with van der Waals surface area (Å²) in [5, 5.41) is 7.51. The maximum atomic E-state index is 12.4. The van der Waals surface area contributed by atoms with Gasteiger partial charge < -0.3 is 4.90 Å². The first kappa shape index (κ1) is 11.6. The van der Waals surface area contributed by atoms with Gasteiger partial charge in [-0.3, -0.25) is 4.79 Å². The van der Waals surface area contributed by atoms with E-state index in [0.29, 0.717) is 11.0 Å². The van der Waals surface area contributed by atoms with E-state index in [2.05, 4.69) is 17.1 Å². The summed E-state index contributed by atoms with van der Waals surface area (Å²) in [6.45, 7) is 4.15. The summed E-state index contributed by atoms with van der Waals surface area (Å²) in [5.74, 6) is 0.869. The molecule has 1 amide bonds. The minimum atomic E-state index is 0.114. The second-order valence-corrected chi connectivity index (χ2v) is 5.76. The minimum Gasteiger partial charge on any atom is -0.338 e. The lowest BCUT2D eigenvalue weighted by atomic mass is 9.59. The normalized spacial score (nSPS) is 25.8. The number of aromatic nitrogens is 2. The molecule has 96 valence electrons. The van der Waals surface area contributed by atoms with Crippen LogP contribution in [0.1, 0.15) is 43.0 Å². The quantitative estimate of drug-likeness (QED) is 0.761. The van der Waals surface area contributed by atoms with Crippen molar-refractivity contribution < 1.29 is 4.79 Å². The standard InChI is InChI=1S/C14H19N3O/c1-11-4-8-17(10-14(11)5-2-6-14)13(18)12-3-7-15-16-9-12/h3,7,9,11H,2,4-6,8,10H2,1H3. The number of carbonyl (C=O) groups excluding carboxylic acids is 1. The maximum absolute atomic E-state index is 12.4. The highest BCUT2D eigenvalue weighted by atomic mass is 16.2. The number of amides is 1. The van der Waals surface area contributed by atoms with E-state index < -0.39 is 0 Å². The third-order valence-corrected chi connectivity index (χ3v) is 4.85. The predicted octanol–water partition coefficient (Wildman–Crippen LogP) is 2.13. The van der Waals surface area contributed by atoms with Gasteiger partial charge in [0.15, 0.2) is 0 Å². The van der Waals surface area contributed by atoms with Crippen molar-refractivity contribution in [2.24, 2.45) is 11.3 Å². The molecule has 1 aromatic rings. The van der Waals surface area contributed by atoms with Gasteiger partial charge in [0.2, 0.25) is 0 Å². The Morgan fingerprint density at radius 3 is 2.89 bits per heavy atom. The molecule has 1 spiro atoms. The Morgan fingerprint density at radius 2 is 2.28 bits per heavy atom. The molecular weight excluding hydrogens is 226 g/mol. The van der Waals surface area contributed by atoms with Crippen LogP contribution < -0.4 is 0 Å². The van der Waals surface area contributed by atoms with Crippen molar-refractivity contribution in [3.63, 3.8) is 0 Å². The minimum absolute atomic E-state index is 0.114. The molecule has 2 aliphatic rings. The average Bonchev–Trinajstić information content (AvgIpc) is 2.38. The molecule has 2 heterocycles. The van der Waals surface area contributed by atoms with E-state index in [1.807, 2.05) is 4.90 Å². The van der Waals surface area contributed by atoms with Crippen molar-refractivity contribution in [3.05, 3.63) is 24.0 Å². The Kier molecular flexibility index (Phi) is 2.80. The monoisotopic (exact) mass is 245 g/mol. The van der Waals surface area contributed by atoms with Gasteiger partial charge in [-0.05, 0) is 36.7 Å². The number of hydrogen-bond acceptors (Lipinski definition) is 3. The number of nitrogens with zero attached hydrogens (tertiary/aromatic N) is 3. The number of rotatable bonds is 1. The van der Waals surface area contributed by atoms with Crippen LogP contribution >= 0.6 is 0 Å². The molecule has 1 atom stereocenters. The second-order valence-electron chi connectivity index (χ2n) is 5.76. The van der Waals surface area contributed by atoms with Gasteiger partial charge in [0.1, 0.15) is 0 Å². The van der Waals surface area contributed by atoms with Crippen LogP contribution in [-0.2, 0) is 0 Å². The van der Waals surface area contributed by atoms with Crippen LogP contribution in [0.15, 0.2) is 18.5 Å². The fraction of sp³-hybridized carbons (Fsp3) is 0.643. The van der Waals surface area contributed by atoms with Crippen LogP contribution in [-0.4, -0.2) is 34.1 Å². The van der Waals surface area contributed by atoms with E-state index in [9.17, 15) is 4.79 Å². The van der Waals surface area contributed by atoms with Crippen molar-refractivity contribution >= 4 is 5.91 Å². The van der Waals surface area contributed by atoms with E-state index >= 15 is 0 Å². The van der Waals surface area contributed by atoms with Crippen LogP contribution in [0, 0.1) is 11.3 Å². The Hall–Kier alpha value is -1.45. The predicted molar refractivity (Wildman–Crippen MR) is 68.0 cm³/mol. The number of likely N-dealkylation sites (tertiary alicyclic amines) is 1. The van der Waals surface area contributed by atoms with Crippen molar-refractivity contribution in [2.45, 2.75) is 32.6 Å². The van der Waals surface area contributed by atoms with Crippen LogP contribution in [0.25, 0.3) is 0 Å². The third-order valence-electron chi connectivity index (χ3n) is 4.85. The molecule has 0 radical (unpaired) electrons. The molecule has 1 unspecified atom stereocenters. The number of carbonyl (C=O) groups is 1. The van der Waals surface area contributed by atoms with Crippen LogP contribution in [0.3, 0.4) is 0 Å². The summed E-state index contributed by atoms with van der Waals surface area (Å²) < 4.78 is 0. The van der Waals surface area contributed by atoms with E-state index in [-0.39, 0.29) is 5.91 Å². The molecule has 1 aliphatic carbocycles.